The van der Waals surface area contributed by atoms with E-state index in [1.165, 1.54) is 13.4 Å². The van der Waals surface area contributed by atoms with Gasteiger partial charge in [-0.25, -0.2) is 0 Å². The summed E-state index contributed by atoms with van der Waals surface area (Å²) >= 11 is 0. The number of carbonyl (C=O) groups is 2. The number of ether oxygens (including phenoxy) is 2. The Morgan fingerprint density at radius 1 is 1.15 bits per heavy atom. The molecule has 1 atom stereocenters. The molecule has 1 aliphatic heterocycles. The molecular formula is C24H21N3O6. The van der Waals surface area contributed by atoms with Crippen LogP contribution in [0.25, 0.3) is 21.9 Å². The lowest BCUT2D eigenvalue weighted by Gasteiger charge is -2.14. The molecule has 0 bridgehead atoms. The zero-order chi connectivity index (χ0) is 23.1. The lowest BCUT2D eigenvalue weighted by Crippen LogP contribution is -2.29. The standard InChI is InChI=1S/C24H21N3O6/c1-31-21-10-19-16(9-17(21)23(25)29)20(4-6-26-19)33-14-2-3-15-18(12-32-22(15)8-14)24(30)27-7-5-13(28)11-27/h2-4,6,8-10,12-13,28H,5,7,11H2,1H3,(H2,25,29)/t13-/m0/s1. The summed E-state index contributed by atoms with van der Waals surface area (Å²) in [6.45, 7) is 0.834. The molecule has 2 amide bonds. The molecule has 2 aromatic carbocycles. The van der Waals surface area contributed by atoms with Crippen molar-refractivity contribution in [3.63, 3.8) is 0 Å². The minimum atomic E-state index is -0.622. The molecule has 3 N–H and O–H groups in total. The first-order valence-electron chi connectivity index (χ1n) is 10.4. The van der Waals surface area contributed by atoms with Crippen molar-refractivity contribution in [2.75, 3.05) is 20.2 Å². The number of aliphatic hydroxyl groups is 1. The zero-order valence-corrected chi connectivity index (χ0v) is 17.8. The molecule has 9 nitrogen and oxygen atoms in total. The first-order chi connectivity index (χ1) is 15.9. The lowest BCUT2D eigenvalue weighted by molar-refractivity contribution is 0.0765. The van der Waals surface area contributed by atoms with Gasteiger partial charge in [-0.1, -0.05) is 0 Å². The van der Waals surface area contributed by atoms with Crippen LogP contribution in [0.4, 0.5) is 0 Å². The van der Waals surface area contributed by atoms with Gasteiger partial charge >= 0.3 is 0 Å². The summed E-state index contributed by atoms with van der Waals surface area (Å²) in [6.07, 6.45) is 3.10. The number of β-amino-alcohol motifs (C(OH)–C–C–N with tert-alkyl or cyclic N) is 1. The van der Waals surface area contributed by atoms with E-state index in [0.29, 0.717) is 64.2 Å². The highest BCUT2D eigenvalue weighted by Gasteiger charge is 2.27. The number of carbonyl (C=O) groups excluding carboxylic acids is 2. The number of aliphatic hydroxyl groups excluding tert-OH is 1. The zero-order valence-electron chi connectivity index (χ0n) is 17.8. The average molecular weight is 447 g/mol. The van der Waals surface area contributed by atoms with E-state index in [1.54, 1.807) is 47.5 Å². The van der Waals surface area contributed by atoms with Crippen LogP contribution in [-0.2, 0) is 0 Å². The van der Waals surface area contributed by atoms with Gasteiger partial charge in [0, 0.05) is 42.2 Å². The van der Waals surface area contributed by atoms with Crippen molar-refractivity contribution in [1.29, 1.82) is 0 Å². The fourth-order valence-corrected chi connectivity index (χ4v) is 4.06. The SMILES string of the molecule is COc1cc2nccc(Oc3ccc4c(C(=O)N5CC[C@H](O)C5)coc4c3)c2cc1C(N)=O. The summed E-state index contributed by atoms with van der Waals surface area (Å²) in [4.78, 5) is 30.6. The topological polar surface area (TPSA) is 128 Å². The van der Waals surface area contributed by atoms with Gasteiger partial charge in [-0.05, 0) is 30.7 Å². The van der Waals surface area contributed by atoms with Gasteiger partial charge in [-0.15, -0.1) is 0 Å². The fourth-order valence-electron chi connectivity index (χ4n) is 4.06. The largest absolute Gasteiger partial charge is 0.496 e. The number of likely N-dealkylation sites (tertiary alicyclic amines) is 1. The first-order valence-corrected chi connectivity index (χ1v) is 10.4. The number of rotatable bonds is 5. The van der Waals surface area contributed by atoms with E-state index in [1.807, 2.05) is 0 Å². The number of hydrogen-bond acceptors (Lipinski definition) is 7. The lowest BCUT2D eigenvalue weighted by atomic mass is 10.1. The molecule has 0 spiro atoms. The number of amides is 2. The van der Waals surface area contributed by atoms with Crippen LogP contribution >= 0.6 is 0 Å². The highest BCUT2D eigenvalue weighted by molar-refractivity contribution is 6.06. The number of primary amides is 1. The van der Waals surface area contributed by atoms with Gasteiger partial charge in [0.25, 0.3) is 11.8 Å². The number of hydrogen-bond donors (Lipinski definition) is 2. The second-order valence-corrected chi connectivity index (χ2v) is 7.85. The second kappa shape index (κ2) is 8.10. The third-order valence-electron chi connectivity index (χ3n) is 5.74. The third kappa shape index (κ3) is 3.72. The molecule has 33 heavy (non-hydrogen) atoms. The Bertz CT molecular complexity index is 1400. The molecular weight excluding hydrogens is 426 g/mol. The minimum absolute atomic E-state index is 0.174. The maximum atomic E-state index is 12.8. The molecule has 4 aromatic rings. The van der Waals surface area contributed by atoms with Gasteiger partial charge in [0.15, 0.2) is 0 Å². The number of nitrogens with two attached hydrogens (primary N) is 1. The molecule has 0 unspecified atom stereocenters. The third-order valence-corrected chi connectivity index (χ3v) is 5.74. The van der Waals surface area contributed by atoms with Crippen LogP contribution in [-0.4, -0.2) is 53.1 Å². The Balaban J connectivity index is 1.48. The number of fused-ring (bicyclic) bond motifs is 2. The van der Waals surface area contributed by atoms with Crippen molar-refractivity contribution in [2.45, 2.75) is 12.5 Å². The molecule has 3 heterocycles. The number of benzene rings is 2. The number of nitrogens with zero attached hydrogens (tertiary/aromatic N) is 2. The Hall–Kier alpha value is -4.11. The molecule has 2 aromatic heterocycles. The van der Waals surface area contributed by atoms with Crippen molar-refractivity contribution in [3.05, 3.63) is 60.0 Å². The summed E-state index contributed by atoms with van der Waals surface area (Å²) in [5.41, 5.74) is 7.22. The average Bonchev–Trinajstić information content (AvgIpc) is 3.44. The maximum Gasteiger partial charge on any atom is 0.257 e. The van der Waals surface area contributed by atoms with Gasteiger partial charge < -0.3 is 29.6 Å². The van der Waals surface area contributed by atoms with Crippen LogP contribution in [0.15, 0.2) is 53.3 Å². The number of furan rings is 1. The molecule has 5 rings (SSSR count). The quantitative estimate of drug-likeness (QED) is 0.481. The summed E-state index contributed by atoms with van der Waals surface area (Å²) in [7, 11) is 1.46. The van der Waals surface area contributed by atoms with Gasteiger partial charge in [-0.2, -0.15) is 0 Å². The van der Waals surface area contributed by atoms with E-state index in [9.17, 15) is 14.7 Å². The normalized spacial score (nSPS) is 15.8. The fraction of sp³-hybridized carbons (Fsp3) is 0.208. The van der Waals surface area contributed by atoms with Crippen molar-refractivity contribution < 1.29 is 28.6 Å². The predicted molar refractivity (Wildman–Crippen MR) is 120 cm³/mol. The van der Waals surface area contributed by atoms with E-state index in [0.717, 1.165) is 0 Å². The first kappa shape index (κ1) is 20.8. The van der Waals surface area contributed by atoms with Crippen LogP contribution < -0.4 is 15.2 Å². The van der Waals surface area contributed by atoms with Gasteiger partial charge in [-0.3, -0.25) is 14.6 Å². The summed E-state index contributed by atoms with van der Waals surface area (Å²) in [5.74, 6) is 0.490. The number of methoxy groups -OCH3 is 1. The second-order valence-electron chi connectivity index (χ2n) is 7.85. The molecule has 0 radical (unpaired) electrons. The Morgan fingerprint density at radius 2 is 2.00 bits per heavy atom. The molecule has 168 valence electrons. The van der Waals surface area contributed by atoms with Gasteiger partial charge in [0.05, 0.1) is 29.9 Å². The van der Waals surface area contributed by atoms with Crippen molar-refractivity contribution in [1.82, 2.24) is 9.88 Å². The smallest absolute Gasteiger partial charge is 0.257 e. The van der Waals surface area contributed by atoms with E-state index in [4.69, 9.17) is 19.6 Å². The van der Waals surface area contributed by atoms with Crippen molar-refractivity contribution in [2.24, 2.45) is 5.73 Å². The van der Waals surface area contributed by atoms with Crippen molar-refractivity contribution >= 4 is 33.7 Å². The maximum absolute atomic E-state index is 12.8. The Kier molecular flexibility index (Phi) is 5.10. The van der Waals surface area contributed by atoms with Gasteiger partial charge in [0.1, 0.15) is 29.1 Å². The van der Waals surface area contributed by atoms with E-state index >= 15 is 0 Å². The monoisotopic (exact) mass is 447 g/mol. The number of aromatic nitrogens is 1. The number of pyridine rings is 1. The molecule has 1 aliphatic rings. The van der Waals surface area contributed by atoms with Crippen LogP contribution in [0, 0.1) is 0 Å². The van der Waals surface area contributed by atoms with E-state index < -0.39 is 12.0 Å². The molecule has 1 fully saturated rings. The summed E-state index contributed by atoms with van der Waals surface area (Å²) < 4.78 is 16.9. The molecule has 0 saturated carbocycles. The summed E-state index contributed by atoms with van der Waals surface area (Å²) in [6, 6.07) is 10.1. The van der Waals surface area contributed by atoms with Crippen molar-refractivity contribution in [3.8, 4) is 17.2 Å². The van der Waals surface area contributed by atoms with Gasteiger partial charge in [0.2, 0.25) is 0 Å². The summed E-state index contributed by atoms with van der Waals surface area (Å²) in [5, 5.41) is 11.0. The highest BCUT2D eigenvalue weighted by Crippen LogP contribution is 2.35. The highest BCUT2D eigenvalue weighted by atomic mass is 16.5. The Morgan fingerprint density at radius 3 is 2.73 bits per heavy atom. The Labute approximate surface area is 188 Å². The molecule has 1 saturated heterocycles. The van der Waals surface area contributed by atoms with Crippen LogP contribution in [0.2, 0.25) is 0 Å². The van der Waals surface area contributed by atoms with E-state index in [-0.39, 0.29) is 11.5 Å². The van der Waals surface area contributed by atoms with Crippen LogP contribution in [0.3, 0.4) is 0 Å². The van der Waals surface area contributed by atoms with Crippen LogP contribution in [0.1, 0.15) is 27.1 Å². The van der Waals surface area contributed by atoms with Crippen LogP contribution in [0.5, 0.6) is 17.2 Å². The molecule has 9 heteroatoms. The minimum Gasteiger partial charge on any atom is -0.496 e. The predicted octanol–water partition coefficient (Wildman–Crippen LogP) is 3.09. The van der Waals surface area contributed by atoms with E-state index in [2.05, 4.69) is 4.98 Å². The molecule has 0 aliphatic carbocycles.